The predicted molar refractivity (Wildman–Crippen MR) is 101 cm³/mol. The maximum absolute atomic E-state index is 14.0. The van der Waals surface area contributed by atoms with Gasteiger partial charge >= 0.3 is 5.97 Å². The Morgan fingerprint density at radius 3 is 2.43 bits per heavy atom. The van der Waals surface area contributed by atoms with E-state index in [1.54, 1.807) is 24.4 Å². The van der Waals surface area contributed by atoms with E-state index >= 15 is 0 Å². The van der Waals surface area contributed by atoms with E-state index in [4.69, 9.17) is 0 Å². The highest BCUT2D eigenvalue weighted by molar-refractivity contribution is 5.91. The number of carboxylic acid groups (broad SMARTS) is 1. The average molecular weight is 385 g/mol. The van der Waals surface area contributed by atoms with E-state index in [1.807, 2.05) is 13.8 Å². The molecule has 2 atom stereocenters. The Morgan fingerprint density at radius 2 is 1.86 bits per heavy atom. The Bertz CT molecular complexity index is 1090. The molecule has 0 radical (unpaired) electrons. The second-order valence-corrected chi connectivity index (χ2v) is 7.90. The minimum atomic E-state index is -1.39. The van der Waals surface area contributed by atoms with Crippen molar-refractivity contribution in [1.29, 1.82) is 0 Å². The first-order valence-corrected chi connectivity index (χ1v) is 9.23. The molecular formula is C22H21F2NO3. The van der Waals surface area contributed by atoms with Gasteiger partial charge in [0.1, 0.15) is 11.2 Å². The van der Waals surface area contributed by atoms with Gasteiger partial charge in [-0.25, -0.2) is 8.78 Å². The number of phenolic OH excluding ortho intramolecular Hbond substituents is 1. The Labute approximate surface area is 160 Å². The number of halogens is 2. The fourth-order valence-corrected chi connectivity index (χ4v) is 5.16. The van der Waals surface area contributed by atoms with Gasteiger partial charge in [-0.1, -0.05) is 19.9 Å². The molecule has 0 saturated heterocycles. The summed E-state index contributed by atoms with van der Waals surface area (Å²) in [4.78, 5) is 15.8. The number of fused-ring (bicyclic) bond motifs is 1. The Hall–Kier alpha value is -2.89. The van der Waals surface area contributed by atoms with Gasteiger partial charge in [0.15, 0.2) is 11.6 Å². The summed E-state index contributed by atoms with van der Waals surface area (Å²) >= 11 is 0. The number of carboxylic acids is 1. The lowest BCUT2D eigenvalue weighted by molar-refractivity contribution is -0.156. The quantitative estimate of drug-likeness (QED) is 0.600. The lowest BCUT2D eigenvalue weighted by atomic mass is 9.41. The number of H-pyrrole nitrogens is 1. The van der Waals surface area contributed by atoms with Gasteiger partial charge in [-0.15, -0.1) is 0 Å². The van der Waals surface area contributed by atoms with Crippen LogP contribution in [0.3, 0.4) is 0 Å². The van der Waals surface area contributed by atoms with E-state index in [0.717, 1.165) is 28.6 Å². The van der Waals surface area contributed by atoms with Gasteiger partial charge in [-0.3, -0.25) is 4.79 Å². The van der Waals surface area contributed by atoms with Crippen LogP contribution in [-0.4, -0.2) is 21.2 Å². The summed E-state index contributed by atoms with van der Waals surface area (Å²) in [5.74, 6) is -3.14. The molecule has 28 heavy (non-hydrogen) atoms. The minimum Gasteiger partial charge on any atom is -0.508 e. The zero-order valence-electron chi connectivity index (χ0n) is 15.6. The van der Waals surface area contributed by atoms with Gasteiger partial charge in [0, 0.05) is 22.5 Å². The van der Waals surface area contributed by atoms with Crippen LogP contribution in [-0.2, 0) is 15.6 Å². The third kappa shape index (κ3) is 2.17. The van der Waals surface area contributed by atoms with Crippen molar-refractivity contribution in [3.05, 3.63) is 65.4 Å². The molecule has 1 aromatic heterocycles. The monoisotopic (exact) mass is 385 g/mol. The fourth-order valence-electron chi connectivity index (χ4n) is 5.16. The molecule has 1 fully saturated rings. The number of aromatic amines is 1. The van der Waals surface area contributed by atoms with Crippen LogP contribution in [0.2, 0.25) is 0 Å². The molecule has 2 aromatic carbocycles. The van der Waals surface area contributed by atoms with Crippen LogP contribution in [0.1, 0.15) is 37.8 Å². The van der Waals surface area contributed by atoms with Crippen molar-refractivity contribution in [3.8, 4) is 5.75 Å². The van der Waals surface area contributed by atoms with Crippen molar-refractivity contribution in [2.75, 3.05) is 0 Å². The van der Waals surface area contributed by atoms with Crippen LogP contribution in [0.15, 0.2) is 42.6 Å². The van der Waals surface area contributed by atoms with Gasteiger partial charge in [0.05, 0.1) is 0 Å². The van der Waals surface area contributed by atoms with Crippen LogP contribution >= 0.6 is 0 Å². The Kier molecular flexibility index (Phi) is 4.00. The number of hydrogen-bond donors (Lipinski definition) is 3. The van der Waals surface area contributed by atoms with E-state index in [-0.39, 0.29) is 17.2 Å². The highest BCUT2D eigenvalue weighted by Crippen LogP contribution is 2.64. The molecule has 3 aromatic rings. The first-order chi connectivity index (χ1) is 13.2. The number of phenols is 1. The number of aromatic nitrogens is 1. The maximum Gasteiger partial charge on any atom is 0.315 e. The Balaban J connectivity index is 2.03. The largest absolute Gasteiger partial charge is 0.508 e. The van der Waals surface area contributed by atoms with Gasteiger partial charge in [-0.05, 0) is 60.2 Å². The van der Waals surface area contributed by atoms with Gasteiger partial charge < -0.3 is 15.2 Å². The molecule has 0 spiro atoms. The molecule has 0 bridgehead atoms. The van der Waals surface area contributed by atoms with Crippen LogP contribution in [0.4, 0.5) is 8.78 Å². The molecule has 146 valence electrons. The smallest absolute Gasteiger partial charge is 0.315 e. The number of rotatable bonds is 4. The topological polar surface area (TPSA) is 73.3 Å². The second-order valence-electron chi connectivity index (χ2n) is 7.90. The summed E-state index contributed by atoms with van der Waals surface area (Å²) in [6.07, 6.45) is 2.68. The van der Waals surface area contributed by atoms with Gasteiger partial charge in [0.2, 0.25) is 0 Å². The minimum absolute atomic E-state index is 0.0836. The zero-order valence-corrected chi connectivity index (χ0v) is 15.6. The average Bonchev–Trinajstić information content (AvgIpc) is 3.00. The van der Waals surface area contributed by atoms with E-state index < -0.39 is 28.4 Å². The molecular weight excluding hydrogens is 364 g/mol. The van der Waals surface area contributed by atoms with Crippen LogP contribution in [0, 0.1) is 17.6 Å². The van der Waals surface area contributed by atoms with E-state index in [2.05, 4.69) is 4.98 Å². The summed E-state index contributed by atoms with van der Waals surface area (Å²) in [5, 5.41) is 21.0. The normalized spacial score (nSPS) is 24.5. The molecule has 6 heteroatoms. The lowest BCUT2D eigenvalue weighted by Gasteiger charge is -2.60. The molecule has 0 aliphatic heterocycles. The molecule has 4 nitrogen and oxygen atoms in total. The van der Waals surface area contributed by atoms with Crippen molar-refractivity contribution in [2.24, 2.45) is 5.92 Å². The van der Waals surface area contributed by atoms with Crippen molar-refractivity contribution in [1.82, 2.24) is 4.98 Å². The number of aliphatic carboxylic acids is 1. The second kappa shape index (κ2) is 6.06. The molecule has 1 aliphatic carbocycles. The molecule has 1 heterocycles. The van der Waals surface area contributed by atoms with E-state index in [0.29, 0.717) is 12.8 Å². The van der Waals surface area contributed by atoms with Crippen molar-refractivity contribution in [3.63, 3.8) is 0 Å². The van der Waals surface area contributed by atoms with Crippen molar-refractivity contribution in [2.45, 2.75) is 37.5 Å². The fraction of sp³-hybridized carbons (Fsp3) is 0.318. The first-order valence-electron chi connectivity index (χ1n) is 9.23. The first kappa shape index (κ1) is 18.5. The van der Waals surface area contributed by atoms with Crippen molar-refractivity contribution >= 4 is 16.9 Å². The number of benzene rings is 2. The highest BCUT2D eigenvalue weighted by Gasteiger charge is 2.67. The third-order valence-electron chi connectivity index (χ3n) is 6.56. The molecule has 1 saturated carbocycles. The molecule has 3 N–H and O–H groups in total. The number of nitrogens with one attached hydrogen (secondary N) is 1. The van der Waals surface area contributed by atoms with E-state index in [9.17, 15) is 23.8 Å². The number of hydrogen-bond acceptors (Lipinski definition) is 2. The summed E-state index contributed by atoms with van der Waals surface area (Å²) in [5.41, 5.74) is -0.421. The molecule has 4 rings (SSSR count). The molecule has 1 aliphatic rings. The van der Waals surface area contributed by atoms with Crippen molar-refractivity contribution < 1.29 is 23.8 Å². The SMILES string of the molecule is CC(C)C1(c2c[nH]c3ccc(O)cc23)CCC1(C(=O)O)c1ccc(F)c(F)c1. The van der Waals surface area contributed by atoms with E-state index in [1.165, 1.54) is 6.07 Å². The van der Waals surface area contributed by atoms with Gasteiger partial charge in [0.25, 0.3) is 0 Å². The van der Waals surface area contributed by atoms with Crippen LogP contribution in [0.25, 0.3) is 10.9 Å². The number of carbonyl (C=O) groups is 1. The maximum atomic E-state index is 14.0. The summed E-state index contributed by atoms with van der Waals surface area (Å²) in [6, 6.07) is 8.27. The summed E-state index contributed by atoms with van der Waals surface area (Å²) in [7, 11) is 0. The van der Waals surface area contributed by atoms with Gasteiger partial charge in [-0.2, -0.15) is 0 Å². The summed E-state index contributed by atoms with van der Waals surface area (Å²) < 4.78 is 27.6. The number of aromatic hydroxyl groups is 1. The zero-order chi connectivity index (χ0) is 20.3. The van der Waals surface area contributed by atoms with Crippen LogP contribution in [0.5, 0.6) is 5.75 Å². The molecule has 0 amide bonds. The standard InChI is InChI=1S/C22H21F2NO3/c1-12(2)21(16-11-25-19-6-4-14(26)10-15(16)19)7-8-22(21,20(27)28)13-3-5-17(23)18(24)9-13/h3-6,9-12,25-26H,7-8H2,1-2H3,(H,27,28). The highest BCUT2D eigenvalue weighted by atomic mass is 19.2. The summed E-state index contributed by atoms with van der Waals surface area (Å²) in [6.45, 7) is 3.89. The molecule has 2 unspecified atom stereocenters. The van der Waals surface area contributed by atoms with Crippen LogP contribution < -0.4 is 0 Å². The lowest BCUT2D eigenvalue weighted by Crippen LogP contribution is -2.64. The predicted octanol–water partition coefficient (Wildman–Crippen LogP) is 4.86. The Morgan fingerprint density at radius 1 is 1.11 bits per heavy atom. The third-order valence-corrected chi connectivity index (χ3v) is 6.56.